The number of hydrogen-bond donors (Lipinski definition) is 1. The maximum Gasteiger partial charge on any atom is 0.0776 e. The normalized spacial score (nSPS) is 14.3. The maximum absolute atomic E-state index is 6.11. The van der Waals surface area contributed by atoms with E-state index in [4.69, 9.17) is 10.5 Å². The molecule has 0 radical (unpaired) electrons. The number of methoxy groups -OCH3 is 1. The van der Waals surface area contributed by atoms with Gasteiger partial charge in [0.25, 0.3) is 0 Å². The number of aromatic nitrogens is 2. The summed E-state index contributed by atoms with van der Waals surface area (Å²) in [4.78, 5) is 0. The summed E-state index contributed by atoms with van der Waals surface area (Å²) >= 11 is 0. The molecule has 0 aliphatic carbocycles. The average Bonchev–Trinajstić information content (AvgIpc) is 2.45. The van der Waals surface area contributed by atoms with Gasteiger partial charge in [-0.25, -0.2) is 0 Å². The fraction of sp³-hybridized carbons (Fsp3) is 0.727. The predicted octanol–water partition coefficient (Wildman–Crippen LogP) is 1.02. The number of nitrogens with two attached hydrogens (primary N) is 1. The Morgan fingerprint density at radius 2 is 2.20 bits per heavy atom. The maximum atomic E-state index is 6.11. The second-order valence-corrected chi connectivity index (χ2v) is 4.52. The smallest absolute Gasteiger partial charge is 0.0776 e. The van der Waals surface area contributed by atoms with E-state index in [-0.39, 0.29) is 11.6 Å². The van der Waals surface area contributed by atoms with Gasteiger partial charge >= 0.3 is 0 Å². The standard InChI is InChI=1S/C11H21N3O/c1-8-6-9(14(4)13-8)7-10(12)11(2,3)15-5/h6,10H,7,12H2,1-5H3. The molecule has 15 heavy (non-hydrogen) atoms. The van der Waals surface area contributed by atoms with Crippen LogP contribution in [0.1, 0.15) is 25.2 Å². The molecule has 86 valence electrons. The van der Waals surface area contributed by atoms with Gasteiger partial charge in [-0.15, -0.1) is 0 Å². The minimum atomic E-state index is -0.307. The summed E-state index contributed by atoms with van der Waals surface area (Å²) in [6.45, 7) is 5.98. The highest BCUT2D eigenvalue weighted by molar-refractivity contribution is 5.11. The molecule has 0 aliphatic heterocycles. The first-order valence-electron chi connectivity index (χ1n) is 5.17. The summed E-state index contributed by atoms with van der Waals surface area (Å²) < 4.78 is 7.24. The lowest BCUT2D eigenvalue weighted by atomic mass is 9.95. The first kappa shape index (κ1) is 12.2. The van der Waals surface area contributed by atoms with E-state index in [2.05, 4.69) is 11.2 Å². The van der Waals surface area contributed by atoms with Crippen LogP contribution in [-0.2, 0) is 18.2 Å². The number of hydrogen-bond acceptors (Lipinski definition) is 3. The lowest BCUT2D eigenvalue weighted by molar-refractivity contribution is 0.000395. The van der Waals surface area contributed by atoms with Gasteiger partial charge in [-0.2, -0.15) is 5.10 Å². The molecule has 0 saturated heterocycles. The highest BCUT2D eigenvalue weighted by Crippen LogP contribution is 2.16. The van der Waals surface area contributed by atoms with E-state index in [1.54, 1.807) is 7.11 Å². The van der Waals surface area contributed by atoms with E-state index in [9.17, 15) is 0 Å². The molecule has 1 aromatic heterocycles. The van der Waals surface area contributed by atoms with E-state index in [0.29, 0.717) is 0 Å². The first-order chi connectivity index (χ1) is 6.86. The fourth-order valence-electron chi connectivity index (χ4n) is 1.48. The second kappa shape index (κ2) is 4.33. The van der Waals surface area contributed by atoms with Crippen LogP contribution in [0.25, 0.3) is 0 Å². The number of ether oxygens (including phenoxy) is 1. The molecular weight excluding hydrogens is 190 g/mol. The molecule has 1 aromatic rings. The van der Waals surface area contributed by atoms with Crippen molar-refractivity contribution in [3.8, 4) is 0 Å². The number of nitrogens with zero attached hydrogens (tertiary/aromatic N) is 2. The van der Waals surface area contributed by atoms with Crippen LogP contribution in [0.4, 0.5) is 0 Å². The van der Waals surface area contributed by atoms with Crippen LogP contribution >= 0.6 is 0 Å². The van der Waals surface area contributed by atoms with Gasteiger partial charge < -0.3 is 10.5 Å². The summed E-state index contributed by atoms with van der Waals surface area (Å²) in [5, 5.41) is 4.29. The average molecular weight is 211 g/mol. The molecule has 1 atom stereocenters. The van der Waals surface area contributed by atoms with Crippen LogP contribution in [0.5, 0.6) is 0 Å². The summed E-state index contributed by atoms with van der Waals surface area (Å²) in [7, 11) is 3.63. The summed E-state index contributed by atoms with van der Waals surface area (Å²) in [6.07, 6.45) is 0.776. The fourth-order valence-corrected chi connectivity index (χ4v) is 1.48. The van der Waals surface area contributed by atoms with E-state index >= 15 is 0 Å². The Labute approximate surface area is 91.4 Å². The second-order valence-electron chi connectivity index (χ2n) is 4.52. The van der Waals surface area contributed by atoms with Crippen LogP contribution in [0.3, 0.4) is 0 Å². The lowest BCUT2D eigenvalue weighted by Crippen LogP contribution is -2.46. The molecule has 1 rings (SSSR count). The SMILES string of the molecule is COC(C)(C)C(N)Cc1cc(C)nn1C. The van der Waals surface area contributed by atoms with Crippen LogP contribution in [0.2, 0.25) is 0 Å². The Bertz CT molecular complexity index is 331. The largest absolute Gasteiger partial charge is 0.377 e. The van der Waals surface area contributed by atoms with Crippen molar-refractivity contribution in [3.05, 3.63) is 17.5 Å². The van der Waals surface area contributed by atoms with E-state index in [1.807, 2.05) is 32.5 Å². The topological polar surface area (TPSA) is 53.1 Å². The Kier molecular flexibility index (Phi) is 3.52. The van der Waals surface area contributed by atoms with Crippen molar-refractivity contribution in [2.45, 2.75) is 38.8 Å². The summed E-state index contributed by atoms with van der Waals surface area (Å²) in [5.41, 5.74) is 7.97. The quantitative estimate of drug-likeness (QED) is 0.809. The van der Waals surface area contributed by atoms with Crippen molar-refractivity contribution in [1.82, 2.24) is 9.78 Å². The molecule has 2 N–H and O–H groups in total. The van der Waals surface area contributed by atoms with Crippen LogP contribution in [0.15, 0.2) is 6.07 Å². The third-order valence-electron chi connectivity index (χ3n) is 2.95. The zero-order valence-corrected chi connectivity index (χ0v) is 10.2. The Balaban J connectivity index is 2.74. The van der Waals surface area contributed by atoms with Gasteiger partial charge in [-0.1, -0.05) is 0 Å². The van der Waals surface area contributed by atoms with Crippen molar-refractivity contribution in [2.24, 2.45) is 12.8 Å². The molecule has 0 amide bonds. The van der Waals surface area contributed by atoms with Gasteiger partial charge in [0.2, 0.25) is 0 Å². The highest BCUT2D eigenvalue weighted by Gasteiger charge is 2.26. The van der Waals surface area contributed by atoms with E-state index in [1.165, 1.54) is 0 Å². The van der Waals surface area contributed by atoms with Crippen LogP contribution in [0, 0.1) is 6.92 Å². The lowest BCUT2D eigenvalue weighted by Gasteiger charge is -2.30. The Morgan fingerprint density at radius 1 is 1.60 bits per heavy atom. The number of aryl methyl sites for hydroxylation is 2. The predicted molar refractivity (Wildman–Crippen MR) is 60.7 cm³/mol. The monoisotopic (exact) mass is 211 g/mol. The summed E-state index contributed by atoms with van der Waals surface area (Å²) in [6, 6.07) is 2.03. The molecule has 0 saturated carbocycles. The zero-order valence-electron chi connectivity index (χ0n) is 10.2. The molecule has 0 aliphatic rings. The molecule has 1 heterocycles. The molecule has 0 aromatic carbocycles. The minimum absolute atomic E-state index is 0.0303. The third kappa shape index (κ3) is 2.79. The van der Waals surface area contributed by atoms with Crippen molar-refractivity contribution < 1.29 is 4.74 Å². The first-order valence-corrected chi connectivity index (χ1v) is 5.17. The Morgan fingerprint density at radius 3 is 2.60 bits per heavy atom. The van der Waals surface area contributed by atoms with E-state index in [0.717, 1.165) is 17.8 Å². The van der Waals surface area contributed by atoms with Crippen LogP contribution in [-0.4, -0.2) is 28.5 Å². The number of rotatable bonds is 4. The molecule has 0 spiro atoms. The molecule has 0 fully saturated rings. The Hall–Kier alpha value is -0.870. The van der Waals surface area contributed by atoms with Gasteiger partial charge in [0.05, 0.1) is 11.3 Å². The van der Waals surface area contributed by atoms with Crippen LogP contribution < -0.4 is 5.73 Å². The molecule has 4 nitrogen and oxygen atoms in total. The van der Waals surface area contributed by atoms with Gasteiger partial charge in [0.1, 0.15) is 0 Å². The zero-order chi connectivity index (χ0) is 11.6. The van der Waals surface area contributed by atoms with Gasteiger partial charge in [-0.3, -0.25) is 4.68 Å². The van der Waals surface area contributed by atoms with Crippen molar-refractivity contribution in [2.75, 3.05) is 7.11 Å². The van der Waals surface area contributed by atoms with Crippen molar-refractivity contribution in [1.29, 1.82) is 0 Å². The van der Waals surface area contributed by atoms with Gasteiger partial charge in [0.15, 0.2) is 0 Å². The molecule has 4 heteroatoms. The van der Waals surface area contributed by atoms with Gasteiger partial charge in [0, 0.05) is 32.3 Å². The highest BCUT2D eigenvalue weighted by atomic mass is 16.5. The van der Waals surface area contributed by atoms with Crippen molar-refractivity contribution in [3.63, 3.8) is 0 Å². The molecular formula is C11H21N3O. The van der Waals surface area contributed by atoms with E-state index < -0.39 is 0 Å². The minimum Gasteiger partial charge on any atom is -0.377 e. The molecule has 1 unspecified atom stereocenters. The van der Waals surface area contributed by atoms with Crippen molar-refractivity contribution >= 4 is 0 Å². The summed E-state index contributed by atoms with van der Waals surface area (Å²) in [5.74, 6) is 0. The molecule has 0 bridgehead atoms. The third-order valence-corrected chi connectivity index (χ3v) is 2.95. The van der Waals surface area contributed by atoms with Gasteiger partial charge in [-0.05, 0) is 26.8 Å².